The van der Waals surface area contributed by atoms with E-state index in [0.29, 0.717) is 13.1 Å². The van der Waals surface area contributed by atoms with Gasteiger partial charge in [-0.3, -0.25) is 4.79 Å². The maximum atomic E-state index is 12.3. The fourth-order valence-corrected chi connectivity index (χ4v) is 2.58. The molecule has 6 nitrogen and oxygen atoms in total. The Bertz CT molecular complexity index is 511. The van der Waals surface area contributed by atoms with Crippen LogP contribution in [0.1, 0.15) is 18.2 Å². The van der Waals surface area contributed by atoms with E-state index < -0.39 is 11.9 Å². The number of aliphatic carboxylic acids is 1. The highest BCUT2D eigenvalue weighted by Crippen LogP contribution is 2.24. The Kier molecular flexibility index (Phi) is 4.01. The molecule has 2 amide bonds. The topological polar surface area (TPSA) is 74.0 Å². The molecule has 20 heavy (non-hydrogen) atoms. The molecule has 110 valence electrons. The van der Waals surface area contributed by atoms with Crippen molar-refractivity contribution in [2.75, 3.05) is 20.1 Å². The highest BCUT2D eigenvalue weighted by molar-refractivity contribution is 5.77. The Morgan fingerprint density at radius 1 is 1.50 bits per heavy atom. The van der Waals surface area contributed by atoms with E-state index in [0.717, 1.165) is 11.3 Å². The van der Waals surface area contributed by atoms with E-state index in [1.165, 1.54) is 0 Å². The summed E-state index contributed by atoms with van der Waals surface area (Å²) in [7, 11) is 1.72. The molecule has 0 bridgehead atoms. The number of furan rings is 1. The summed E-state index contributed by atoms with van der Waals surface area (Å²) in [6.45, 7) is 4.96. The first-order valence-electron chi connectivity index (χ1n) is 6.66. The molecule has 1 N–H and O–H groups in total. The van der Waals surface area contributed by atoms with Crippen molar-refractivity contribution in [2.24, 2.45) is 11.8 Å². The van der Waals surface area contributed by atoms with Gasteiger partial charge in [-0.2, -0.15) is 0 Å². The molecule has 0 spiro atoms. The fourth-order valence-electron chi connectivity index (χ4n) is 2.58. The van der Waals surface area contributed by atoms with E-state index in [1.807, 2.05) is 19.9 Å². The lowest BCUT2D eigenvalue weighted by Crippen LogP contribution is -2.40. The summed E-state index contributed by atoms with van der Waals surface area (Å²) in [5.74, 6) is -0.521. The number of hydrogen-bond donors (Lipinski definition) is 1. The molecule has 0 radical (unpaired) electrons. The molecule has 0 aromatic carbocycles. The van der Waals surface area contributed by atoms with Crippen LogP contribution >= 0.6 is 0 Å². The fraction of sp³-hybridized carbons (Fsp3) is 0.571. The molecule has 1 aromatic heterocycles. The zero-order valence-electron chi connectivity index (χ0n) is 12.0. The van der Waals surface area contributed by atoms with E-state index in [-0.39, 0.29) is 18.5 Å². The second-order valence-corrected chi connectivity index (χ2v) is 5.47. The number of hydrogen-bond acceptors (Lipinski definition) is 3. The van der Waals surface area contributed by atoms with Crippen molar-refractivity contribution in [3.8, 4) is 0 Å². The van der Waals surface area contributed by atoms with Gasteiger partial charge in [-0.15, -0.1) is 0 Å². The Morgan fingerprint density at radius 3 is 2.70 bits per heavy atom. The molecule has 0 saturated carbocycles. The molecule has 2 atom stereocenters. The monoisotopic (exact) mass is 280 g/mol. The number of carbonyl (C=O) groups is 2. The Hall–Kier alpha value is -1.98. The SMILES string of the molecule is Cc1occc1CN(C)C(=O)N1CC(C)C(C(=O)O)C1. The van der Waals surface area contributed by atoms with Crippen molar-refractivity contribution in [3.63, 3.8) is 0 Å². The molecule has 1 aliphatic heterocycles. The summed E-state index contributed by atoms with van der Waals surface area (Å²) in [5.41, 5.74) is 0.961. The molecule has 1 saturated heterocycles. The number of carboxylic acids is 1. The Morgan fingerprint density at radius 2 is 2.20 bits per heavy atom. The number of carbonyl (C=O) groups excluding carboxylic acids is 1. The van der Waals surface area contributed by atoms with Gasteiger partial charge in [0.25, 0.3) is 0 Å². The smallest absolute Gasteiger partial charge is 0.320 e. The lowest BCUT2D eigenvalue weighted by atomic mass is 9.99. The maximum Gasteiger partial charge on any atom is 0.320 e. The summed E-state index contributed by atoms with van der Waals surface area (Å²) >= 11 is 0. The molecule has 1 fully saturated rings. The van der Waals surface area contributed by atoms with Crippen molar-refractivity contribution >= 4 is 12.0 Å². The van der Waals surface area contributed by atoms with E-state index >= 15 is 0 Å². The second-order valence-electron chi connectivity index (χ2n) is 5.47. The summed E-state index contributed by atoms with van der Waals surface area (Å²) in [5, 5.41) is 9.10. The Labute approximate surface area is 118 Å². The summed E-state index contributed by atoms with van der Waals surface area (Å²) in [6, 6.07) is 1.70. The number of aryl methyl sites for hydroxylation is 1. The number of carboxylic acid groups (broad SMARTS) is 1. The number of rotatable bonds is 3. The first kappa shape index (κ1) is 14.4. The third-order valence-electron chi connectivity index (χ3n) is 3.90. The second kappa shape index (κ2) is 5.56. The van der Waals surface area contributed by atoms with Crippen LogP contribution in [0, 0.1) is 18.8 Å². The molecular formula is C14H20N2O4. The predicted octanol–water partition coefficient (Wildman–Crippen LogP) is 1.79. The average molecular weight is 280 g/mol. The van der Waals surface area contributed by atoms with Crippen LogP contribution in [-0.2, 0) is 11.3 Å². The van der Waals surface area contributed by atoms with Gasteiger partial charge in [0.15, 0.2) is 0 Å². The van der Waals surface area contributed by atoms with Gasteiger partial charge in [0.05, 0.1) is 18.7 Å². The van der Waals surface area contributed by atoms with Crippen molar-refractivity contribution in [1.82, 2.24) is 9.80 Å². The van der Waals surface area contributed by atoms with Gasteiger partial charge in [-0.25, -0.2) is 4.79 Å². The lowest BCUT2D eigenvalue weighted by molar-refractivity contribution is -0.142. The molecular weight excluding hydrogens is 260 g/mol. The highest BCUT2D eigenvalue weighted by Gasteiger charge is 2.37. The van der Waals surface area contributed by atoms with Crippen LogP contribution in [0.4, 0.5) is 4.79 Å². The van der Waals surface area contributed by atoms with Crippen LogP contribution in [0.25, 0.3) is 0 Å². The van der Waals surface area contributed by atoms with Crippen LogP contribution in [-0.4, -0.2) is 47.0 Å². The molecule has 1 aromatic rings. The predicted molar refractivity (Wildman–Crippen MR) is 72.2 cm³/mol. The van der Waals surface area contributed by atoms with Gasteiger partial charge < -0.3 is 19.3 Å². The highest BCUT2D eigenvalue weighted by atomic mass is 16.4. The van der Waals surface area contributed by atoms with Gasteiger partial charge in [0, 0.05) is 25.7 Å². The van der Waals surface area contributed by atoms with Crippen LogP contribution in [0.2, 0.25) is 0 Å². The third kappa shape index (κ3) is 2.79. The van der Waals surface area contributed by atoms with Crippen molar-refractivity contribution in [1.29, 1.82) is 0 Å². The lowest BCUT2D eigenvalue weighted by Gasteiger charge is -2.24. The summed E-state index contributed by atoms with van der Waals surface area (Å²) in [4.78, 5) is 26.6. The summed E-state index contributed by atoms with van der Waals surface area (Å²) in [6.07, 6.45) is 1.60. The largest absolute Gasteiger partial charge is 0.481 e. The molecule has 2 heterocycles. The Balaban J connectivity index is 1.98. The molecule has 2 rings (SSSR count). The maximum absolute atomic E-state index is 12.3. The molecule has 1 aliphatic rings. The van der Waals surface area contributed by atoms with E-state index in [9.17, 15) is 9.59 Å². The number of urea groups is 1. The minimum atomic E-state index is -0.832. The normalized spacial score (nSPS) is 22.1. The van der Waals surface area contributed by atoms with Crippen molar-refractivity contribution in [3.05, 3.63) is 23.7 Å². The van der Waals surface area contributed by atoms with Crippen LogP contribution in [0.15, 0.2) is 16.7 Å². The van der Waals surface area contributed by atoms with Crippen LogP contribution in [0.3, 0.4) is 0 Å². The van der Waals surface area contributed by atoms with Gasteiger partial charge in [-0.1, -0.05) is 6.92 Å². The van der Waals surface area contributed by atoms with Crippen molar-refractivity contribution in [2.45, 2.75) is 20.4 Å². The van der Waals surface area contributed by atoms with E-state index in [4.69, 9.17) is 9.52 Å². The third-order valence-corrected chi connectivity index (χ3v) is 3.90. The standard InChI is InChI=1S/C14H20N2O4/c1-9-6-16(8-12(9)13(17)18)14(19)15(3)7-11-4-5-20-10(11)2/h4-5,9,12H,6-8H2,1-3H3,(H,17,18). The van der Waals surface area contributed by atoms with Crippen LogP contribution < -0.4 is 0 Å². The van der Waals surface area contributed by atoms with E-state index in [1.54, 1.807) is 23.1 Å². The number of nitrogens with zero attached hydrogens (tertiary/aromatic N) is 2. The summed E-state index contributed by atoms with van der Waals surface area (Å²) < 4.78 is 5.21. The van der Waals surface area contributed by atoms with Gasteiger partial charge in [-0.05, 0) is 18.9 Å². The quantitative estimate of drug-likeness (QED) is 0.916. The van der Waals surface area contributed by atoms with Gasteiger partial charge >= 0.3 is 12.0 Å². The first-order chi connectivity index (χ1) is 9.40. The minimum Gasteiger partial charge on any atom is -0.481 e. The molecule has 2 unspecified atom stereocenters. The molecule has 0 aliphatic carbocycles. The zero-order chi connectivity index (χ0) is 14.9. The number of amides is 2. The minimum absolute atomic E-state index is 0.0134. The van der Waals surface area contributed by atoms with E-state index in [2.05, 4.69) is 0 Å². The van der Waals surface area contributed by atoms with Crippen molar-refractivity contribution < 1.29 is 19.1 Å². The van der Waals surface area contributed by atoms with Gasteiger partial charge in [0.1, 0.15) is 5.76 Å². The first-order valence-corrected chi connectivity index (χ1v) is 6.66. The number of likely N-dealkylation sites (tertiary alicyclic amines) is 1. The van der Waals surface area contributed by atoms with Crippen LogP contribution in [0.5, 0.6) is 0 Å². The average Bonchev–Trinajstić information content (AvgIpc) is 2.95. The molecule has 6 heteroatoms. The van der Waals surface area contributed by atoms with Gasteiger partial charge in [0.2, 0.25) is 0 Å². The zero-order valence-corrected chi connectivity index (χ0v) is 12.0.